The summed E-state index contributed by atoms with van der Waals surface area (Å²) in [4.78, 5) is 27.3. The number of piperidine rings is 1. The molecule has 1 fully saturated rings. The van der Waals surface area contributed by atoms with E-state index in [0.29, 0.717) is 9.21 Å². The lowest BCUT2D eigenvalue weighted by molar-refractivity contribution is -0.122. The first-order valence-electron chi connectivity index (χ1n) is 9.36. The van der Waals surface area contributed by atoms with Crippen LogP contribution in [0.4, 0.5) is 0 Å². The van der Waals surface area contributed by atoms with E-state index in [1.807, 2.05) is 0 Å². The number of aryl methyl sites for hydroxylation is 1. The summed E-state index contributed by atoms with van der Waals surface area (Å²) in [5.74, 6) is -0.0570. The van der Waals surface area contributed by atoms with Gasteiger partial charge < -0.3 is 5.32 Å². The van der Waals surface area contributed by atoms with Crippen molar-refractivity contribution in [2.24, 2.45) is 0 Å². The van der Waals surface area contributed by atoms with Crippen LogP contribution in [0.1, 0.15) is 46.5 Å². The van der Waals surface area contributed by atoms with Crippen molar-refractivity contribution in [3.63, 3.8) is 0 Å². The molecule has 1 aliphatic rings. The average molecular weight is 405 g/mol. The number of benzene rings is 1. The summed E-state index contributed by atoms with van der Waals surface area (Å²) in [6.07, 6.45) is 2.37. The lowest BCUT2D eigenvalue weighted by Crippen LogP contribution is -2.44. The largest absolute Gasteiger partial charge is 0.353 e. The van der Waals surface area contributed by atoms with Gasteiger partial charge in [0.05, 0.1) is 9.21 Å². The van der Waals surface area contributed by atoms with Crippen molar-refractivity contribution in [3.8, 4) is 0 Å². The number of amides is 1. The minimum Gasteiger partial charge on any atom is -0.353 e. The Kier molecular flexibility index (Phi) is 7.05. The molecule has 1 aromatic heterocycles. The summed E-state index contributed by atoms with van der Waals surface area (Å²) in [6, 6.07) is 12.1. The molecule has 1 aromatic carbocycles. The third kappa shape index (κ3) is 5.89. The van der Waals surface area contributed by atoms with E-state index in [2.05, 4.69) is 41.4 Å². The van der Waals surface area contributed by atoms with Crippen LogP contribution in [0.25, 0.3) is 0 Å². The Morgan fingerprint density at radius 1 is 1.15 bits per heavy atom. The Labute approximate surface area is 169 Å². The van der Waals surface area contributed by atoms with E-state index in [9.17, 15) is 9.59 Å². The molecular formula is C21H25ClN2O2S. The van der Waals surface area contributed by atoms with Gasteiger partial charge in [0.1, 0.15) is 0 Å². The number of nitrogens with one attached hydrogen (secondary N) is 1. The summed E-state index contributed by atoms with van der Waals surface area (Å²) < 4.78 is 0.597. The third-order valence-electron chi connectivity index (χ3n) is 5.04. The fourth-order valence-corrected chi connectivity index (χ4v) is 4.39. The maximum Gasteiger partial charge on any atom is 0.220 e. The van der Waals surface area contributed by atoms with E-state index >= 15 is 0 Å². The molecule has 0 saturated carbocycles. The van der Waals surface area contributed by atoms with E-state index < -0.39 is 0 Å². The number of hydrogen-bond donors (Lipinski definition) is 1. The van der Waals surface area contributed by atoms with Gasteiger partial charge in [-0.3, -0.25) is 14.5 Å². The lowest BCUT2D eigenvalue weighted by Gasteiger charge is -2.32. The molecule has 0 spiro atoms. The Hall–Kier alpha value is -1.69. The van der Waals surface area contributed by atoms with Crippen molar-refractivity contribution in [1.29, 1.82) is 0 Å². The second-order valence-corrected chi connectivity index (χ2v) is 8.79. The number of hydrogen-bond acceptors (Lipinski definition) is 4. The highest BCUT2D eigenvalue weighted by Gasteiger charge is 2.21. The molecule has 0 aliphatic carbocycles. The van der Waals surface area contributed by atoms with E-state index in [-0.39, 0.29) is 30.6 Å². The van der Waals surface area contributed by atoms with Crippen LogP contribution in [-0.2, 0) is 11.3 Å². The lowest BCUT2D eigenvalue weighted by atomic mass is 10.0. The normalized spacial score (nSPS) is 15.6. The molecule has 27 heavy (non-hydrogen) atoms. The van der Waals surface area contributed by atoms with Gasteiger partial charge in [0.2, 0.25) is 5.91 Å². The highest BCUT2D eigenvalue weighted by molar-refractivity contribution is 7.18. The Bertz CT molecular complexity index is 797. The van der Waals surface area contributed by atoms with Crippen molar-refractivity contribution in [1.82, 2.24) is 10.2 Å². The summed E-state index contributed by atoms with van der Waals surface area (Å²) in [5.41, 5.74) is 2.69. The van der Waals surface area contributed by atoms with Crippen LogP contribution < -0.4 is 5.32 Å². The maximum atomic E-state index is 12.2. The Morgan fingerprint density at radius 2 is 1.89 bits per heavy atom. The first-order valence-corrected chi connectivity index (χ1v) is 10.6. The van der Waals surface area contributed by atoms with Crippen LogP contribution in [0.3, 0.4) is 0 Å². The van der Waals surface area contributed by atoms with Crippen molar-refractivity contribution in [3.05, 3.63) is 56.7 Å². The second-order valence-electron chi connectivity index (χ2n) is 7.07. The van der Waals surface area contributed by atoms with Crippen molar-refractivity contribution in [2.75, 3.05) is 13.1 Å². The molecule has 1 aliphatic heterocycles. The van der Waals surface area contributed by atoms with Gasteiger partial charge in [-0.1, -0.05) is 35.9 Å². The highest BCUT2D eigenvalue weighted by Crippen LogP contribution is 2.23. The second kappa shape index (κ2) is 9.49. The molecular weight excluding hydrogens is 380 g/mol. The zero-order valence-electron chi connectivity index (χ0n) is 15.5. The predicted octanol–water partition coefficient (Wildman–Crippen LogP) is 4.45. The molecule has 0 radical (unpaired) electrons. The number of halogens is 1. The topological polar surface area (TPSA) is 49.4 Å². The molecule has 6 heteroatoms. The van der Waals surface area contributed by atoms with Gasteiger partial charge in [0.15, 0.2) is 5.78 Å². The van der Waals surface area contributed by atoms with E-state index in [1.165, 1.54) is 22.5 Å². The fourth-order valence-electron chi connectivity index (χ4n) is 3.38. The Morgan fingerprint density at radius 3 is 2.56 bits per heavy atom. The van der Waals surface area contributed by atoms with Crippen molar-refractivity contribution < 1.29 is 9.59 Å². The molecule has 0 unspecified atom stereocenters. The predicted molar refractivity (Wildman–Crippen MR) is 111 cm³/mol. The van der Waals surface area contributed by atoms with Gasteiger partial charge in [-0.25, -0.2) is 0 Å². The molecule has 0 bridgehead atoms. The molecule has 4 nitrogen and oxygen atoms in total. The highest BCUT2D eigenvalue weighted by atomic mass is 35.5. The summed E-state index contributed by atoms with van der Waals surface area (Å²) >= 11 is 7.11. The van der Waals surface area contributed by atoms with Gasteiger partial charge in [0, 0.05) is 38.5 Å². The first kappa shape index (κ1) is 20.1. The smallest absolute Gasteiger partial charge is 0.220 e. The van der Waals surface area contributed by atoms with Crippen LogP contribution in [0, 0.1) is 6.92 Å². The van der Waals surface area contributed by atoms with Crippen LogP contribution in [0.2, 0.25) is 4.34 Å². The molecule has 2 aromatic rings. The number of ketones is 1. The minimum absolute atomic E-state index is 0.0184. The van der Waals surface area contributed by atoms with Crippen LogP contribution >= 0.6 is 22.9 Å². The number of thiophene rings is 1. The van der Waals surface area contributed by atoms with Gasteiger partial charge in [-0.2, -0.15) is 0 Å². The molecule has 144 valence electrons. The molecule has 0 atom stereocenters. The minimum atomic E-state index is -0.0386. The summed E-state index contributed by atoms with van der Waals surface area (Å²) in [6.45, 7) is 5.07. The van der Waals surface area contributed by atoms with Crippen molar-refractivity contribution >= 4 is 34.6 Å². The number of rotatable bonds is 7. The molecule has 1 saturated heterocycles. The maximum absolute atomic E-state index is 12.2. The van der Waals surface area contributed by atoms with E-state index in [4.69, 9.17) is 11.6 Å². The number of carbonyl (C=O) groups excluding carboxylic acids is 2. The zero-order valence-corrected chi connectivity index (χ0v) is 17.1. The number of carbonyl (C=O) groups is 2. The van der Waals surface area contributed by atoms with Crippen LogP contribution in [0.5, 0.6) is 0 Å². The first-order chi connectivity index (χ1) is 13.0. The van der Waals surface area contributed by atoms with E-state index in [0.717, 1.165) is 32.5 Å². The number of likely N-dealkylation sites (tertiary alicyclic amines) is 1. The van der Waals surface area contributed by atoms with Gasteiger partial charge in [-0.05, 0) is 43.0 Å². The zero-order chi connectivity index (χ0) is 19.2. The molecule has 3 rings (SSSR count). The molecule has 2 heterocycles. The number of nitrogens with zero attached hydrogens (tertiary/aromatic N) is 1. The summed E-state index contributed by atoms with van der Waals surface area (Å²) in [5, 5.41) is 3.09. The van der Waals surface area contributed by atoms with Gasteiger partial charge in [0.25, 0.3) is 0 Å². The Balaban J connectivity index is 1.38. The van der Waals surface area contributed by atoms with Crippen LogP contribution in [0.15, 0.2) is 36.4 Å². The molecule has 1 amide bonds. The van der Waals surface area contributed by atoms with Gasteiger partial charge in [-0.15, -0.1) is 11.3 Å². The quantitative estimate of drug-likeness (QED) is 0.693. The van der Waals surface area contributed by atoms with Crippen LogP contribution in [-0.4, -0.2) is 35.7 Å². The fraction of sp³-hybridized carbons (Fsp3) is 0.429. The monoisotopic (exact) mass is 404 g/mol. The average Bonchev–Trinajstić information content (AvgIpc) is 3.10. The standard InChI is InChI=1S/C21H25ClN2O2S/c1-15-4-2-3-5-16(15)14-24-12-10-17(11-13-24)23-21(26)9-6-18(25)19-7-8-20(22)27-19/h2-5,7-8,17H,6,9-14H2,1H3,(H,23,26). The number of Topliss-reactive ketones (excluding diaryl/α,β-unsaturated/α-hetero) is 1. The summed E-state index contributed by atoms with van der Waals surface area (Å²) in [7, 11) is 0. The molecule has 1 N–H and O–H groups in total. The van der Waals surface area contributed by atoms with Crippen molar-refractivity contribution in [2.45, 2.75) is 45.2 Å². The third-order valence-corrected chi connectivity index (χ3v) is 6.31. The van der Waals surface area contributed by atoms with E-state index in [1.54, 1.807) is 12.1 Å². The SMILES string of the molecule is Cc1ccccc1CN1CCC(NC(=O)CCC(=O)c2ccc(Cl)s2)CC1. The van der Waals surface area contributed by atoms with Gasteiger partial charge >= 0.3 is 0 Å².